The van der Waals surface area contributed by atoms with Gasteiger partial charge in [-0.1, -0.05) is 11.6 Å². The molecule has 0 aromatic carbocycles. The zero-order chi connectivity index (χ0) is 20.4. The summed E-state index contributed by atoms with van der Waals surface area (Å²) >= 11 is 6.15. The number of aromatic nitrogens is 3. The number of nitrogens with zero attached hydrogens (tertiary/aromatic N) is 4. The first-order valence-electron chi connectivity index (χ1n) is 9.46. The Kier molecular flexibility index (Phi) is 6.03. The Bertz CT molecular complexity index is 886. The van der Waals surface area contributed by atoms with E-state index in [1.807, 2.05) is 33.8 Å². The van der Waals surface area contributed by atoms with E-state index in [0.29, 0.717) is 5.82 Å². The molecule has 0 radical (unpaired) electrons. The lowest BCUT2D eigenvalue weighted by Gasteiger charge is -2.38. The van der Waals surface area contributed by atoms with Gasteiger partial charge in [-0.05, 0) is 65.2 Å². The molecule has 3 rings (SSSR count). The summed E-state index contributed by atoms with van der Waals surface area (Å²) in [6.45, 7) is 7.49. The summed E-state index contributed by atoms with van der Waals surface area (Å²) in [7, 11) is 0. The molecule has 2 aromatic rings. The lowest BCUT2D eigenvalue weighted by Crippen LogP contribution is -2.49. The number of rotatable bonds is 4. The van der Waals surface area contributed by atoms with Crippen LogP contribution in [0, 0.1) is 13.8 Å². The Morgan fingerprint density at radius 1 is 1.21 bits per heavy atom. The van der Waals surface area contributed by atoms with Crippen LogP contribution in [0.1, 0.15) is 55.0 Å². The zero-order valence-electron chi connectivity index (χ0n) is 16.6. The Morgan fingerprint density at radius 2 is 1.89 bits per heavy atom. The molecule has 3 heterocycles. The maximum atomic E-state index is 12.6. The van der Waals surface area contributed by atoms with E-state index in [9.17, 15) is 9.59 Å². The predicted molar refractivity (Wildman–Crippen MR) is 106 cm³/mol. The third-order valence-electron chi connectivity index (χ3n) is 5.06. The van der Waals surface area contributed by atoms with Crippen LogP contribution < -0.4 is 0 Å². The molecule has 150 valence electrons. The summed E-state index contributed by atoms with van der Waals surface area (Å²) in [6, 6.07) is 5.46. The fourth-order valence-corrected chi connectivity index (χ4v) is 3.92. The molecule has 0 N–H and O–H groups in total. The molecule has 28 heavy (non-hydrogen) atoms. The van der Waals surface area contributed by atoms with Crippen molar-refractivity contribution >= 4 is 23.5 Å². The normalized spacial score (nSPS) is 19.5. The molecule has 2 atom stereocenters. The van der Waals surface area contributed by atoms with Gasteiger partial charge in [0.2, 0.25) is 0 Å². The Morgan fingerprint density at radius 3 is 2.50 bits per heavy atom. The summed E-state index contributed by atoms with van der Waals surface area (Å²) in [5, 5.41) is 4.53. The van der Waals surface area contributed by atoms with Crippen molar-refractivity contribution in [3.05, 3.63) is 40.3 Å². The summed E-state index contributed by atoms with van der Waals surface area (Å²) in [5.41, 5.74) is 1.70. The molecule has 1 saturated heterocycles. The van der Waals surface area contributed by atoms with E-state index in [-0.39, 0.29) is 35.3 Å². The molecule has 1 aliphatic heterocycles. The van der Waals surface area contributed by atoms with Crippen LogP contribution in [0.15, 0.2) is 18.2 Å². The fourth-order valence-electron chi connectivity index (χ4n) is 3.74. The van der Waals surface area contributed by atoms with Crippen molar-refractivity contribution in [3.8, 4) is 5.82 Å². The molecule has 1 amide bonds. The molecule has 0 bridgehead atoms. The first kappa shape index (κ1) is 20.3. The number of piperidine rings is 1. The van der Waals surface area contributed by atoms with Gasteiger partial charge in [0.1, 0.15) is 0 Å². The predicted octanol–water partition coefficient (Wildman–Crippen LogP) is 3.48. The zero-order valence-corrected chi connectivity index (χ0v) is 17.4. The second kappa shape index (κ2) is 8.31. The number of aryl methyl sites for hydroxylation is 2. The van der Waals surface area contributed by atoms with Crippen LogP contribution in [-0.4, -0.2) is 50.2 Å². The quantitative estimate of drug-likeness (QED) is 0.729. The van der Waals surface area contributed by atoms with Crippen LogP contribution >= 0.6 is 11.6 Å². The monoisotopic (exact) mass is 404 g/mol. The van der Waals surface area contributed by atoms with Crippen molar-refractivity contribution in [2.24, 2.45) is 0 Å². The van der Waals surface area contributed by atoms with Gasteiger partial charge in [-0.15, -0.1) is 0 Å². The highest BCUT2D eigenvalue weighted by atomic mass is 35.5. The van der Waals surface area contributed by atoms with E-state index < -0.39 is 5.97 Å². The van der Waals surface area contributed by atoms with Crippen molar-refractivity contribution < 1.29 is 14.3 Å². The van der Waals surface area contributed by atoms with Gasteiger partial charge in [0, 0.05) is 17.8 Å². The first-order chi connectivity index (χ1) is 13.3. The minimum absolute atomic E-state index is 0.0285. The average Bonchev–Trinajstić information content (AvgIpc) is 2.98. The second-order valence-electron chi connectivity index (χ2n) is 7.34. The summed E-state index contributed by atoms with van der Waals surface area (Å²) in [6.07, 6.45) is 3.02. The molecule has 8 heteroatoms. The third-order valence-corrected chi connectivity index (χ3v) is 5.36. The average molecular weight is 405 g/mol. The summed E-state index contributed by atoms with van der Waals surface area (Å²) < 4.78 is 6.87. The van der Waals surface area contributed by atoms with Gasteiger partial charge in [0.15, 0.2) is 18.1 Å². The minimum atomic E-state index is -0.723. The van der Waals surface area contributed by atoms with E-state index in [2.05, 4.69) is 10.1 Å². The Labute approximate surface area is 169 Å². The lowest BCUT2D eigenvalue weighted by atomic mass is 9.97. The van der Waals surface area contributed by atoms with Gasteiger partial charge in [-0.3, -0.25) is 4.79 Å². The lowest BCUT2D eigenvalue weighted by molar-refractivity contribution is -0.140. The van der Waals surface area contributed by atoms with Crippen LogP contribution in [0.4, 0.5) is 0 Å². The number of carbonyl (C=O) groups is 2. The summed E-state index contributed by atoms with van der Waals surface area (Å²) in [5.74, 6) is -0.454. The SMILES string of the molecule is Cc1cc(C)n(-c2ccc(Cl)c(C(=O)OCC(=O)N3C(C)CCCC3C)n2)n1. The number of hydrogen-bond donors (Lipinski definition) is 0. The summed E-state index contributed by atoms with van der Waals surface area (Å²) in [4.78, 5) is 31.2. The van der Waals surface area contributed by atoms with Crippen LogP contribution in [0.2, 0.25) is 5.02 Å². The van der Waals surface area contributed by atoms with Crippen molar-refractivity contribution in [1.82, 2.24) is 19.7 Å². The number of amides is 1. The van der Waals surface area contributed by atoms with Crippen molar-refractivity contribution in [2.45, 2.75) is 59.0 Å². The maximum absolute atomic E-state index is 12.6. The molecular weight excluding hydrogens is 380 g/mol. The van der Waals surface area contributed by atoms with Gasteiger partial charge in [-0.25, -0.2) is 14.5 Å². The molecule has 1 fully saturated rings. The molecule has 7 nitrogen and oxygen atoms in total. The fraction of sp³-hybridized carbons (Fsp3) is 0.500. The van der Waals surface area contributed by atoms with Crippen LogP contribution in [0.25, 0.3) is 5.82 Å². The second-order valence-corrected chi connectivity index (χ2v) is 7.75. The van der Waals surface area contributed by atoms with E-state index in [1.54, 1.807) is 21.7 Å². The smallest absolute Gasteiger partial charge is 0.359 e. The third kappa shape index (κ3) is 4.19. The molecule has 2 aromatic heterocycles. The van der Waals surface area contributed by atoms with Gasteiger partial charge < -0.3 is 9.64 Å². The molecule has 1 aliphatic rings. The van der Waals surface area contributed by atoms with Crippen LogP contribution in [-0.2, 0) is 9.53 Å². The minimum Gasteiger partial charge on any atom is -0.451 e. The number of carbonyl (C=O) groups excluding carboxylic acids is 2. The van der Waals surface area contributed by atoms with Crippen LogP contribution in [0.3, 0.4) is 0 Å². The van der Waals surface area contributed by atoms with E-state index in [4.69, 9.17) is 16.3 Å². The molecule has 2 unspecified atom stereocenters. The number of hydrogen-bond acceptors (Lipinski definition) is 5. The first-order valence-corrected chi connectivity index (χ1v) is 9.84. The molecule has 0 spiro atoms. The van der Waals surface area contributed by atoms with Crippen molar-refractivity contribution in [1.29, 1.82) is 0 Å². The van der Waals surface area contributed by atoms with Crippen molar-refractivity contribution in [3.63, 3.8) is 0 Å². The number of esters is 1. The highest BCUT2D eigenvalue weighted by Gasteiger charge is 2.29. The van der Waals surface area contributed by atoms with Gasteiger partial charge in [0.25, 0.3) is 5.91 Å². The van der Waals surface area contributed by atoms with Gasteiger partial charge in [-0.2, -0.15) is 5.10 Å². The van der Waals surface area contributed by atoms with Gasteiger partial charge in [0.05, 0.1) is 10.7 Å². The van der Waals surface area contributed by atoms with E-state index in [0.717, 1.165) is 30.7 Å². The standard InChI is InChI=1S/C20H25ClN4O3/c1-12-10-15(4)25(23-12)17-9-8-16(21)19(22-17)20(27)28-11-18(26)24-13(2)6-5-7-14(24)3/h8-10,13-14H,5-7,11H2,1-4H3. The molecule has 0 aliphatic carbocycles. The van der Waals surface area contributed by atoms with E-state index in [1.165, 1.54) is 0 Å². The topological polar surface area (TPSA) is 77.3 Å². The maximum Gasteiger partial charge on any atom is 0.359 e. The number of likely N-dealkylation sites (tertiary alicyclic amines) is 1. The molecule has 0 saturated carbocycles. The Balaban J connectivity index is 1.73. The largest absolute Gasteiger partial charge is 0.451 e. The van der Waals surface area contributed by atoms with Crippen LogP contribution in [0.5, 0.6) is 0 Å². The highest BCUT2D eigenvalue weighted by molar-refractivity contribution is 6.33. The number of ether oxygens (including phenoxy) is 1. The van der Waals surface area contributed by atoms with Gasteiger partial charge >= 0.3 is 5.97 Å². The molecular formula is C20H25ClN4O3. The number of halogens is 1. The Hall–Kier alpha value is -2.41. The van der Waals surface area contributed by atoms with E-state index >= 15 is 0 Å². The van der Waals surface area contributed by atoms with Crippen molar-refractivity contribution in [2.75, 3.05) is 6.61 Å². The number of pyridine rings is 1. The highest BCUT2D eigenvalue weighted by Crippen LogP contribution is 2.23.